The van der Waals surface area contributed by atoms with Gasteiger partial charge in [-0.15, -0.1) is 0 Å². The number of carbonyl (C=O) groups excluding carboxylic acids is 4. The summed E-state index contributed by atoms with van der Waals surface area (Å²) in [6, 6.07) is 27.6. The largest absolute Gasteiger partial charge is 0.352 e. The van der Waals surface area contributed by atoms with Crippen molar-refractivity contribution in [2.45, 2.75) is 140 Å². The van der Waals surface area contributed by atoms with E-state index in [1.165, 1.54) is 94.6 Å². The fourth-order valence-corrected chi connectivity index (χ4v) is 9.61. The Morgan fingerprint density at radius 3 is 1.43 bits per heavy atom. The molecule has 0 spiro atoms. The maximum atomic E-state index is 13.9. The van der Waals surface area contributed by atoms with Crippen LogP contribution in [0.5, 0.6) is 0 Å². The second-order valence-corrected chi connectivity index (χ2v) is 18.2. The molecule has 3 N–H and O–H groups in total. The number of hydrogen-bond donors (Lipinski definition) is 3. The normalized spacial score (nSPS) is 24.3. The summed E-state index contributed by atoms with van der Waals surface area (Å²) in [6.07, 6.45) is 20.2. The van der Waals surface area contributed by atoms with E-state index in [4.69, 9.17) is 0 Å². The Morgan fingerprint density at radius 1 is 0.533 bits per heavy atom. The number of nitrogens with one attached hydrogen (secondary N) is 3. The van der Waals surface area contributed by atoms with Crippen molar-refractivity contribution in [3.05, 3.63) is 107 Å². The Labute approximate surface area is 358 Å². The van der Waals surface area contributed by atoms with Crippen LogP contribution in [0.25, 0.3) is 0 Å². The molecule has 9 nitrogen and oxygen atoms in total. The van der Waals surface area contributed by atoms with Gasteiger partial charge in [-0.1, -0.05) is 145 Å². The molecule has 2 aliphatic carbocycles. The van der Waals surface area contributed by atoms with Crippen molar-refractivity contribution in [2.75, 3.05) is 32.7 Å². The molecule has 4 amide bonds. The van der Waals surface area contributed by atoms with Gasteiger partial charge in [-0.25, -0.2) is 0 Å². The molecule has 2 heterocycles. The lowest BCUT2D eigenvalue weighted by Gasteiger charge is -2.19. The highest BCUT2D eigenvalue weighted by molar-refractivity contribution is 5.99. The first-order chi connectivity index (χ1) is 29.4. The molecule has 0 bridgehead atoms. The van der Waals surface area contributed by atoms with Gasteiger partial charge in [0.1, 0.15) is 0 Å². The van der Waals surface area contributed by atoms with Crippen molar-refractivity contribution in [1.82, 2.24) is 25.8 Å². The summed E-state index contributed by atoms with van der Waals surface area (Å²) in [5.41, 5.74) is 3.41. The lowest BCUT2D eigenvalue weighted by Crippen LogP contribution is -2.43. The number of unbranched alkanes of at least 4 members (excludes halogenated alkanes) is 12. The van der Waals surface area contributed by atoms with Gasteiger partial charge in [0.15, 0.2) is 0 Å². The van der Waals surface area contributed by atoms with Crippen LogP contribution >= 0.6 is 0 Å². The van der Waals surface area contributed by atoms with E-state index in [0.29, 0.717) is 23.7 Å². The van der Waals surface area contributed by atoms with E-state index in [-0.39, 0.29) is 60.6 Å². The topological polar surface area (TPSA) is 111 Å². The van der Waals surface area contributed by atoms with Crippen LogP contribution in [0.1, 0.15) is 153 Å². The van der Waals surface area contributed by atoms with Gasteiger partial charge in [-0.3, -0.25) is 19.2 Å². The van der Waals surface area contributed by atoms with E-state index < -0.39 is 11.8 Å². The fourth-order valence-electron chi connectivity index (χ4n) is 9.61. The Kier molecular flexibility index (Phi) is 15.9. The average molecular weight is 816 g/mol. The molecule has 0 radical (unpaired) electrons. The highest BCUT2D eigenvalue weighted by Gasteiger charge is 2.49. The minimum Gasteiger partial charge on any atom is -0.352 e. The quantitative estimate of drug-likeness (QED) is 0.0831. The highest BCUT2D eigenvalue weighted by Crippen LogP contribution is 2.42. The van der Waals surface area contributed by atoms with E-state index in [2.05, 4.69) is 47.1 Å². The number of hydrogen-bond acceptors (Lipinski definition) is 5. The molecule has 3 aromatic rings. The fraction of sp³-hybridized carbons (Fsp3) is 0.569. The zero-order chi connectivity index (χ0) is 41.7. The third-order valence-electron chi connectivity index (χ3n) is 13.5. The summed E-state index contributed by atoms with van der Waals surface area (Å²) < 4.78 is 0. The maximum absolute atomic E-state index is 13.9. The third-order valence-corrected chi connectivity index (χ3v) is 13.5. The van der Waals surface area contributed by atoms with E-state index in [1.807, 2.05) is 41.3 Å². The van der Waals surface area contributed by atoms with Gasteiger partial charge < -0.3 is 25.8 Å². The number of amides is 4. The van der Waals surface area contributed by atoms with Gasteiger partial charge in [0.05, 0.1) is 11.8 Å². The van der Waals surface area contributed by atoms with Crippen molar-refractivity contribution in [1.29, 1.82) is 0 Å². The molecule has 9 heteroatoms. The number of nitrogens with zero attached hydrogens (tertiary/aromatic N) is 2. The molecule has 0 unspecified atom stereocenters. The SMILES string of the molecule is CCCCCCCCCCCCCCCN[C@@H]1CCN(C(=O)c2ccc(C(=O)N3C[C@@H](C(=O)N[C@H]4C[C@@H]4c4ccccc4)[C@H](C(=O)N[C@H]4C[C@@H]4c4ccccc4)C3)cc2)C1. The van der Waals surface area contributed by atoms with Crippen LogP contribution in [0.4, 0.5) is 0 Å². The van der Waals surface area contributed by atoms with Crippen LogP contribution in [0.2, 0.25) is 0 Å². The van der Waals surface area contributed by atoms with Gasteiger partial charge in [0.25, 0.3) is 11.8 Å². The summed E-state index contributed by atoms with van der Waals surface area (Å²) in [6.45, 7) is 5.01. The van der Waals surface area contributed by atoms with Crippen LogP contribution < -0.4 is 16.0 Å². The smallest absolute Gasteiger partial charge is 0.253 e. The first-order valence-corrected chi connectivity index (χ1v) is 23.5. The Balaban J connectivity index is 0.850. The number of carbonyl (C=O) groups is 4. The molecule has 2 aliphatic heterocycles. The molecule has 2 saturated carbocycles. The molecule has 7 atom stereocenters. The van der Waals surface area contributed by atoms with Crippen LogP contribution in [0.15, 0.2) is 84.9 Å². The Hall–Kier alpha value is -4.50. The van der Waals surface area contributed by atoms with Crippen LogP contribution in [-0.2, 0) is 9.59 Å². The summed E-state index contributed by atoms with van der Waals surface area (Å²) in [7, 11) is 0. The van der Waals surface area contributed by atoms with Crippen molar-refractivity contribution in [3.8, 4) is 0 Å². The molecule has 3 aromatic carbocycles. The molecule has 2 saturated heterocycles. The first kappa shape index (κ1) is 43.6. The lowest BCUT2D eigenvalue weighted by molar-refractivity contribution is -0.133. The van der Waals surface area contributed by atoms with E-state index in [9.17, 15) is 19.2 Å². The lowest BCUT2D eigenvalue weighted by atomic mass is 9.94. The molecule has 4 fully saturated rings. The van der Waals surface area contributed by atoms with E-state index >= 15 is 0 Å². The Morgan fingerprint density at radius 2 is 0.967 bits per heavy atom. The second-order valence-electron chi connectivity index (χ2n) is 18.2. The predicted octanol–water partition coefficient (Wildman–Crippen LogP) is 8.61. The molecule has 7 rings (SSSR count). The molecular weight excluding hydrogens is 747 g/mol. The molecular formula is C51H69N5O4. The molecule has 0 aromatic heterocycles. The standard InChI is InChI=1S/C51H69N5O4/c1-2-3-4-5-6-7-8-9-10-11-12-13-20-30-52-41-29-31-55(34-41)50(59)39-25-27-40(28-26-39)51(60)56-35-44(48(57)53-46-32-42(46)37-21-16-14-17-22-37)45(36-56)49(58)54-47-33-43(47)38-23-18-15-19-24-38/h14-19,21-28,41-47,52H,2-13,20,29-36H2,1H3,(H,53,57)(H,54,58)/t41-,42-,43-,44-,45-,46+,47+/m1/s1. The second kappa shape index (κ2) is 21.8. The monoisotopic (exact) mass is 816 g/mol. The van der Waals surface area contributed by atoms with Gasteiger partial charge in [0, 0.05) is 67.3 Å². The van der Waals surface area contributed by atoms with Crippen molar-refractivity contribution >= 4 is 23.6 Å². The molecule has 4 aliphatic rings. The van der Waals surface area contributed by atoms with Crippen LogP contribution in [0, 0.1) is 11.8 Å². The van der Waals surface area contributed by atoms with Gasteiger partial charge in [0.2, 0.25) is 11.8 Å². The maximum Gasteiger partial charge on any atom is 0.253 e. The van der Waals surface area contributed by atoms with E-state index in [1.54, 1.807) is 29.2 Å². The summed E-state index contributed by atoms with van der Waals surface area (Å²) in [5.74, 6) is -1.38. The number of benzene rings is 3. The minimum atomic E-state index is -0.651. The van der Waals surface area contributed by atoms with Crippen molar-refractivity contribution in [3.63, 3.8) is 0 Å². The van der Waals surface area contributed by atoms with Crippen molar-refractivity contribution < 1.29 is 19.2 Å². The van der Waals surface area contributed by atoms with Gasteiger partial charge in [-0.05, 0) is 67.6 Å². The zero-order valence-corrected chi connectivity index (χ0v) is 36.0. The zero-order valence-electron chi connectivity index (χ0n) is 36.0. The third kappa shape index (κ3) is 12.1. The Bertz CT molecular complexity index is 1760. The summed E-state index contributed by atoms with van der Waals surface area (Å²) in [5, 5.41) is 10.1. The first-order valence-electron chi connectivity index (χ1n) is 23.5. The van der Waals surface area contributed by atoms with E-state index in [0.717, 1.165) is 32.4 Å². The molecule has 322 valence electrons. The van der Waals surface area contributed by atoms with Crippen LogP contribution in [-0.4, -0.2) is 84.3 Å². The van der Waals surface area contributed by atoms with Gasteiger partial charge in [-0.2, -0.15) is 0 Å². The summed E-state index contributed by atoms with van der Waals surface area (Å²) in [4.78, 5) is 58.7. The van der Waals surface area contributed by atoms with Crippen molar-refractivity contribution in [2.24, 2.45) is 11.8 Å². The summed E-state index contributed by atoms with van der Waals surface area (Å²) >= 11 is 0. The predicted molar refractivity (Wildman–Crippen MR) is 239 cm³/mol. The minimum absolute atomic E-state index is 0.0170. The molecule has 60 heavy (non-hydrogen) atoms. The highest BCUT2D eigenvalue weighted by atomic mass is 16.2. The average Bonchev–Trinajstić information content (AvgIpc) is 4.11. The van der Waals surface area contributed by atoms with Crippen LogP contribution in [0.3, 0.4) is 0 Å². The number of rotatable bonds is 23. The van der Waals surface area contributed by atoms with Gasteiger partial charge >= 0.3 is 0 Å². The number of likely N-dealkylation sites (tertiary alicyclic amines) is 2.